The van der Waals surface area contributed by atoms with Crippen LogP contribution in [0.2, 0.25) is 5.15 Å². The van der Waals surface area contributed by atoms with Crippen LogP contribution in [0.25, 0.3) is 5.78 Å². The van der Waals surface area contributed by atoms with Crippen molar-refractivity contribution in [1.29, 1.82) is 0 Å². The van der Waals surface area contributed by atoms with Crippen molar-refractivity contribution in [2.45, 2.75) is 13.3 Å². The minimum absolute atomic E-state index is 0.163. The molecule has 0 unspecified atom stereocenters. The highest BCUT2D eigenvalue weighted by molar-refractivity contribution is 6.29. The fraction of sp³-hybridized carbons (Fsp3) is 0.500. The number of halogens is 1. The van der Waals surface area contributed by atoms with Crippen LogP contribution in [-0.2, 0) is 0 Å². The van der Waals surface area contributed by atoms with E-state index >= 15 is 0 Å². The summed E-state index contributed by atoms with van der Waals surface area (Å²) in [7, 11) is 0. The van der Waals surface area contributed by atoms with Gasteiger partial charge < -0.3 is 10.0 Å². The van der Waals surface area contributed by atoms with Gasteiger partial charge in [0.05, 0.1) is 0 Å². The maximum absolute atomic E-state index is 8.89. The number of aliphatic hydroxyl groups is 1. The van der Waals surface area contributed by atoms with Gasteiger partial charge in [0.15, 0.2) is 0 Å². The van der Waals surface area contributed by atoms with Crippen LogP contribution in [0.1, 0.15) is 13.3 Å². The zero-order valence-corrected chi connectivity index (χ0v) is 10.3. The molecule has 0 amide bonds. The van der Waals surface area contributed by atoms with E-state index in [9.17, 15) is 0 Å². The number of aliphatic hydroxyl groups excluding tert-OH is 1. The lowest BCUT2D eigenvalue weighted by Crippen LogP contribution is -2.27. The standard InChI is InChI=1S/C10H14ClN5O/c1-2-15(4-3-5-17)9-6-8(11)14-10-12-7-13-16(9)10/h6-7,17H,2-5H2,1H3. The largest absolute Gasteiger partial charge is 0.396 e. The van der Waals surface area contributed by atoms with Crippen LogP contribution < -0.4 is 4.90 Å². The number of anilines is 1. The number of nitrogens with zero attached hydrogens (tertiary/aromatic N) is 5. The summed E-state index contributed by atoms with van der Waals surface area (Å²) < 4.78 is 1.65. The maximum Gasteiger partial charge on any atom is 0.255 e. The Morgan fingerprint density at radius 1 is 1.53 bits per heavy atom. The van der Waals surface area contributed by atoms with Crippen molar-refractivity contribution in [2.24, 2.45) is 0 Å². The van der Waals surface area contributed by atoms with Crippen LogP contribution >= 0.6 is 11.6 Å². The molecule has 7 heteroatoms. The maximum atomic E-state index is 8.89. The topological polar surface area (TPSA) is 66.5 Å². The summed E-state index contributed by atoms with van der Waals surface area (Å²) in [6.45, 7) is 3.74. The summed E-state index contributed by atoms with van der Waals surface area (Å²) in [4.78, 5) is 10.2. The van der Waals surface area contributed by atoms with Gasteiger partial charge in [-0.1, -0.05) is 11.6 Å². The third-order valence-electron chi connectivity index (χ3n) is 2.49. The van der Waals surface area contributed by atoms with Gasteiger partial charge in [-0.3, -0.25) is 0 Å². The molecule has 0 saturated heterocycles. The van der Waals surface area contributed by atoms with Crippen molar-refractivity contribution in [3.8, 4) is 0 Å². The first-order valence-corrected chi connectivity index (χ1v) is 5.86. The molecule has 17 heavy (non-hydrogen) atoms. The van der Waals surface area contributed by atoms with Gasteiger partial charge >= 0.3 is 0 Å². The third-order valence-corrected chi connectivity index (χ3v) is 2.69. The fourth-order valence-electron chi connectivity index (χ4n) is 1.69. The first kappa shape index (κ1) is 12.1. The summed E-state index contributed by atoms with van der Waals surface area (Å²) >= 11 is 5.95. The molecule has 0 aromatic carbocycles. The van der Waals surface area contributed by atoms with Crippen LogP contribution in [0.15, 0.2) is 12.4 Å². The first-order valence-electron chi connectivity index (χ1n) is 5.48. The summed E-state index contributed by atoms with van der Waals surface area (Å²) in [5.74, 6) is 1.32. The monoisotopic (exact) mass is 255 g/mol. The van der Waals surface area contributed by atoms with Gasteiger partial charge in [0.25, 0.3) is 5.78 Å². The lowest BCUT2D eigenvalue weighted by atomic mass is 10.4. The number of fused-ring (bicyclic) bond motifs is 1. The fourth-order valence-corrected chi connectivity index (χ4v) is 1.86. The Kier molecular flexibility index (Phi) is 3.75. The zero-order chi connectivity index (χ0) is 12.3. The number of hydrogen-bond donors (Lipinski definition) is 1. The molecule has 0 bridgehead atoms. The molecule has 0 fully saturated rings. The highest BCUT2D eigenvalue weighted by atomic mass is 35.5. The molecular weight excluding hydrogens is 242 g/mol. The average Bonchev–Trinajstić information content (AvgIpc) is 2.77. The molecule has 0 aliphatic carbocycles. The Labute approximate surface area is 104 Å². The third kappa shape index (κ3) is 2.48. The van der Waals surface area contributed by atoms with E-state index in [0.717, 1.165) is 18.9 Å². The quantitative estimate of drug-likeness (QED) is 0.807. The Morgan fingerprint density at radius 3 is 3.06 bits per heavy atom. The van der Waals surface area contributed by atoms with Crippen molar-refractivity contribution < 1.29 is 5.11 Å². The van der Waals surface area contributed by atoms with E-state index in [1.54, 1.807) is 10.6 Å². The molecule has 0 radical (unpaired) electrons. The molecule has 2 heterocycles. The highest BCUT2D eigenvalue weighted by Crippen LogP contribution is 2.18. The second-order valence-electron chi connectivity index (χ2n) is 3.57. The number of hydrogen-bond acceptors (Lipinski definition) is 5. The molecular formula is C10H14ClN5O. The van der Waals surface area contributed by atoms with Crippen molar-refractivity contribution in [1.82, 2.24) is 19.6 Å². The predicted octanol–water partition coefficient (Wildman–Crippen LogP) is 0.986. The molecule has 0 spiro atoms. The van der Waals surface area contributed by atoms with Gasteiger partial charge in [-0.2, -0.15) is 19.6 Å². The van der Waals surface area contributed by atoms with E-state index in [1.807, 2.05) is 6.92 Å². The predicted molar refractivity (Wildman–Crippen MR) is 65.4 cm³/mol. The summed E-state index contributed by atoms with van der Waals surface area (Å²) in [6.07, 6.45) is 2.14. The zero-order valence-electron chi connectivity index (χ0n) is 9.54. The van der Waals surface area contributed by atoms with Crippen LogP contribution in [0, 0.1) is 0 Å². The molecule has 2 aromatic heterocycles. The minimum atomic E-state index is 0.163. The highest BCUT2D eigenvalue weighted by Gasteiger charge is 2.12. The molecule has 1 N–H and O–H groups in total. The van der Waals surface area contributed by atoms with Crippen molar-refractivity contribution >= 4 is 23.2 Å². The smallest absolute Gasteiger partial charge is 0.255 e. The van der Waals surface area contributed by atoms with Crippen LogP contribution in [-0.4, -0.2) is 44.4 Å². The number of rotatable bonds is 5. The molecule has 0 aliphatic heterocycles. The SMILES string of the molecule is CCN(CCCO)c1cc(Cl)nc2ncnn12. The second-order valence-corrected chi connectivity index (χ2v) is 3.95. The average molecular weight is 256 g/mol. The number of aromatic nitrogens is 4. The minimum Gasteiger partial charge on any atom is -0.396 e. The van der Waals surface area contributed by atoms with E-state index in [0.29, 0.717) is 17.4 Å². The lowest BCUT2D eigenvalue weighted by Gasteiger charge is -2.22. The molecule has 2 rings (SSSR count). The molecule has 0 aliphatic rings. The first-order chi connectivity index (χ1) is 8.26. The second kappa shape index (κ2) is 5.29. The summed E-state index contributed by atoms with van der Waals surface area (Å²) in [5.41, 5.74) is 0. The van der Waals surface area contributed by atoms with E-state index < -0.39 is 0 Å². The van der Waals surface area contributed by atoms with E-state index in [4.69, 9.17) is 16.7 Å². The van der Waals surface area contributed by atoms with Gasteiger partial charge in [-0.25, -0.2) is 0 Å². The van der Waals surface area contributed by atoms with Crippen LogP contribution in [0.3, 0.4) is 0 Å². The Morgan fingerprint density at radius 2 is 2.35 bits per heavy atom. The van der Waals surface area contributed by atoms with Crippen molar-refractivity contribution in [3.63, 3.8) is 0 Å². The van der Waals surface area contributed by atoms with Crippen LogP contribution in [0.5, 0.6) is 0 Å². The van der Waals surface area contributed by atoms with E-state index in [-0.39, 0.29) is 6.61 Å². The van der Waals surface area contributed by atoms with Gasteiger partial charge in [0.1, 0.15) is 17.3 Å². The van der Waals surface area contributed by atoms with Crippen LogP contribution in [0.4, 0.5) is 5.82 Å². The summed E-state index contributed by atoms with van der Waals surface area (Å²) in [6, 6.07) is 1.75. The Hall–Kier alpha value is -1.40. The van der Waals surface area contributed by atoms with Gasteiger partial charge in [-0.15, -0.1) is 0 Å². The Bertz CT molecular complexity index is 500. The van der Waals surface area contributed by atoms with Crippen molar-refractivity contribution in [3.05, 3.63) is 17.5 Å². The molecule has 2 aromatic rings. The normalized spacial score (nSPS) is 11.0. The molecule has 0 atom stereocenters. The molecule has 0 saturated carbocycles. The van der Waals surface area contributed by atoms with Crippen molar-refractivity contribution in [2.75, 3.05) is 24.6 Å². The van der Waals surface area contributed by atoms with E-state index in [2.05, 4.69) is 20.0 Å². The van der Waals surface area contributed by atoms with Gasteiger partial charge in [-0.05, 0) is 13.3 Å². The van der Waals surface area contributed by atoms with Gasteiger partial charge in [0.2, 0.25) is 0 Å². The lowest BCUT2D eigenvalue weighted by molar-refractivity contribution is 0.289. The summed E-state index contributed by atoms with van der Waals surface area (Å²) in [5, 5.41) is 13.4. The molecule has 92 valence electrons. The Balaban J connectivity index is 2.40. The van der Waals surface area contributed by atoms with Gasteiger partial charge in [0, 0.05) is 25.8 Å². The molecule has 6 nitrogen and oxygen atoms in total. The van der Waals surface area contributed by atoms with E-state index in [1.165, 1.54) is 6.33 Å².